The first kappa shape index (κ1) is 22.9. The number of benzene rings is 3. The Morgan fingerprint density at radius 3 is 2.42 bits per heavy atom. The van der Waals surface area contributed by atoms with Crippen molar-refractivity contribution >= 4 is 23.1 Å². The summed E-state index contributed by atoms with van der Waals surface area (Å²) in [5, 5.41) is 0. The van der Waals surface area contributed by atoms with E-state index in [1.54, 1.807) is 16.7 Å². The molecule has 2 aliphatic rings. The van der Waals surface area contributed by atoms with Gasteiger partial charge in [0, 0.05) is 5.56 Å². The van der Waals surface area contributed by atoms with Gasteiger partial charge >= 0.3 is 0 Å². The van der Waals surface area contributed by atoms with E-state index >= 15 is 0 Å². The van der Waals surface area contributed by atoms with Crippen LogP contribution in [-0.2, 0) is 11.8 Å². The second kappa shape index (κ2) is 8.52. The van der Waals surface area contributed by atoms with Crippen LogP contribution in [0.25, 0.3) is 11.8 Å². The summed E-state index contributed by atoms with van der Waals surface area (Å²) in [5.74, 6) is -0.284. The summed E-state index contributed by atoms with van der Waals surface area (Å²) in [5.41, 5.74) is 7.63. The number of nitrogens with zero attached hydrogens (tertiary/aromatic N) is 2. The first-order chi connectivity index (χ1) is 17.3. The molecule has 2 heterocycles. The second-order valence-corrected chi connectivity index (χ2v) is 11.5. The molecule has 3 aromatic carbocycles. The molecule has 0 radical (unpaired) electrons. The van der Waals surface area contributed by atoms with E-state index in [0.29, 0.717) is 9.33 Å². The van der Waals surface area contributed by atoms with Crippen LogP contribution in [-0.4, -0.2) is 4.57 Å². The fourth-order valence-electron chi connectivity index (χ4n) is 5.20. The fourth-order valence-corrected chi connectivity index (χ4v) is 6.20. The minimum absolute atomic E-state index is 0.0571. The van der Waals surface area contributed by atoms with Crippen LogP contribution in [0, 0.1) is 5.82 Å². The van der Waals surface area contributed by atoms with Gasteiger partial charge in [0.25, 0.3) is 5.56 Å². The lowest BCUT2D eigenvalue weighted by Crippen LogP contribution is -2.38. The summed E-state index contributed by atoms with van der Waals surface area (Å²) in [6.07, 6.45) is 3.66. The third kappa shape index (κ3) is 3.88. The van der Waals surface area contributed by atoms with Gasteiger partial charge in [-0.05, 0) is 64.3 Å². The maximum absolute atomic E-state index is 13.8. The number of rotatable bonds is 2. The number of aryl methyl sites for hydroxylation is 1. The number of fused-ring (bicyclic) bond motifs is 3. The van der Waals surface area contributed by atoms with Crippen molar-refractivity contribution in [1.29, 1.82) is 0 Å². The van der Waals surface area contributed by atoms with Crippen LogP contribution in [0.5, 0.6) is 0 Å². The van der Waals surface area contributed by atoms with Crippen molar-refractivity contribution < 1.29 is 4.39 Å². The molecule has 180 valence electrons. The Kier molecular flexibility index (Phi) is 5.41. The molecule has 1 atom stereocenters. The number of hydrogen-bond acceptors (Lipinski definition) is 3. The van der Waals surface area contributed by atoms with Crippen molar-refractivity contribution in [3.63, 3.8) is 0 Å². The summed E-state index contributed by atoms with van der Waals surface area (Å²) in [6.45, 7) is 6.57. The molecule has 0 spiro atoms. The Morgan fingerprint density at radius 2 is 1.69 bits per heavy atom. The highest BCUT2D eigenvalue weighted by Crippen LogP contribution is 2.41. The number of hydrogen-bond donors (Lipinski definition) is 0. The normalized spacial score (nSPS) is 17.3. The highest BCUT2D eigenvalue weighted by Gasteiger charge is 2.32. The molecule has 1 aliphatic carbocycles. The van der Waals surface area contributed by atoms with Crippen molar-refractivity contribution in [2.45, 2.75) is 45.1 Å². The molecule has 3 nitrogen and oxygen atoms in total. The third-order valence-corrected chi connectivity index (χ3v) is 8.12. The van der Waals surface area contributed by atoms with E-state index < -0.39 is 0 Å². The topological polar surface area (TPSA) is 34.4 Å². The lowest BCUT2D eigenvalue weighted by molar-refractivity contribution is 0.581. The van der Waals surface area contributed by atoms with Crippen LogP contribution in [0.15, 0.2) is 88.2 Å². The summed E-state index contributed by atoms with van der Waals surface area (Å²) in [6, 6.07) is 23.0. The Hall–Kier alpha value is -3.57. The molecule has 0 bridgehead atoms. The fraction of sp³-hybridized carbons (Fsp3) is 0.226. The van der Waals surface area contributed by atoms with Gasteiger partial charge in [-0.25, -0.2) is 9.38 Å². The number of allylic oxidation sites excluding steroid dienone is 1. The van der Waals surface area contributed by atoms with Crippen LogP contribution in [0.2, 0.25) is 0 Å². The van der Waals surface area contributed by atoms with E-state index in [4.69, 9.17) is 4.99 Å². The molecule has 0 fully saturated rings. The summed E-state index contributed by atoms with van der Waals surface area (Å²) in [7, 11) is 0. The van der Waals surface area contributed by atoms with Crippen molar-refractivity contribution in [2.24, 2.45) is 4.99 Å². The Labute approximate surface area is 213 Å². The van der Waals surface area contributed by atoms with E-state index in [9.17, 15) is 9.18 Å². The largest absolute Gasteiger partial charge is 0.272 e. The molecule has 0 saturated heterocycles. The van der Waals surface area contributed by atoms with E-state index in [0.717, 1.165) is 40.8 Å². The molecule has 1 aromatic heterocycles. The first-order valence-corrected chi connectivity index (χ1v) is 13.1. The zero-order chi connectivity index (χ0) is 25.0. The summed E-state index contributed by atoms with van der Waals surface area (Å²) >= 11 is 1.42. The van der Waals surface area contributed by atoms with Gasteiger partial charge in [-0.3, -0.25) is 9.36 Å². The predicted molar refractivity (Wildman–Crippen MR) is 144 cm³/mol. The lowest BCUT2D eigenvalue weighted by atomic mass is 9.83. The Morgan fingerprint density at radius 1 is 0.972 bits per heavy atom. The van der Waals surface area contributed by atoms with Gasteiger partial charge in [-0.1, -0.05) is 92.8 Å². The van der Waals surface area contributed by atoms with Gasteiger partial charge in [0.05, 0.1) is 16.3 Å². The summed E-state index contributed by atoms with van der Waals surface area (Å²) in [4.78, 5) is 19.5. The standard InChI is InChI=1S/C31H27FN2OS/c1-31(2,3)22-13-8-19(9-14-22)18-26-29(35)34-28(21-10-15-23(32)16-11-21)25-17-12-20-6-4-5-7-24(20)27(25)33-30(34)36-26/h4-11,13-16,18,28H,12,17H2,1-3H3/b26-18+/t28-/m1/s1. The predicted octanol–water partition coefficient (Wildman–Crippen LogP) is 5.76. The highest BCUT2D eigenvalue weighted by molar-refractivity contribution is 7.07. The quantitative estimate of drug-likeness (QED) is 0.349. The SMILES string of the molecule is CC(C)(C)c1ccc(/C=c2/sc3n(c2=O)[C@H](c2ccc(F)cc2)C2=C(N=3)c3ccccc3CC2)cc1. The van der Waals surface area contributed by atoms with Gasteiger partial charge in [-0.2, -0.15) is 0 Å². The average Bonchev–Trinajstić information content (AvgIpc) is 3.17. The molecule has 36 heavy (non-hydrogen) atoms. The van der Waals surface area contributed by atoms with Gasteiger partial charge in [0.1, 0.15) is 5.82 Å². The second-order valence-electron chi connectivity index (χ2n) is 10.5. The molecule has 6 rings (SSSR count). The van der Waals surface area contributed by atoms with E-state index in [1.807, 2.05) is 12.1 Å². The molecular formula is C31H27FN2OS. The van der Waals surface area contributed by atoms with E-state index in [1.165, 1.54) is 34.6 Å². The third-order valence-electron chi connectivity index (χ3n) is 7.13. The monoisotopic (exact) mass is 494 g/mol. The van der Waals surface area contributed by atoms with Gasteiger partial charge in [0.2, 0.25) is 0 Å². The van der Waals surface area contributed by atoms with Crippen LogP contribution in [0.4, 0.5) is 4.39 Å². The zero-order valence-electron chi connectivity index (χ0n) is 20.6. The molecule has 0 N–H and O–H groups in total. The summed E-state index contributed by atoms with van der Waals surface area (Å²) < 4.78 is 16.3. The van der Waals surface area contributed by atoms with Crippen molar-refractivity contribution in [2.75, 3.05) is 0 Å². The van der Waals surface area contributed by atoms with Crippen LogP contribution >= 0.6 is 11.3 Å². The number of thiazole rings is 1. The zero-order valence-corrected chi connectivity index (χ0v) is 21.4. The molecule has 5 heteroatoms. The van der Waals surface area contributed by atoms with Crippen LogP contribution < -0.4 is 14.9 Å². The Bertz CT molecular complexity index is 1680. The number of halogens is 1. The molecule has 1 aliphatic heterocycles. The van der Waals surface area contributed by atoms with Crippen molar-refractivity contribution in [3.05, 3.63) is 132 Å². The minimum atomic E-state index is -0.296. The molecule has 0 unspecified atom stereocenters. The molecule has 4 aromatic rings. The first-order valence-electron chi connectivity index (χ1n) is 12.3. The van der Waals surface area contributed by atoms with E-state index in [-0.39, 0.29) is 22.8 Å². The minimum Gasteiger partial charge on any atom is -0.272 e. The highest BCUT2D eigenvalue weighted by atomic mass is 32.1. The van der Waals surface area contributed by atoms with Crippen LogP contribution in [0.3, 0.4) is 0 Å². The average molecular weight is 495 g/mol. The molecule has 0 saturated carbocycles. The van der Waals surface area contributed by atoms with Crippen molar-refractivity contribution in [3.8, 4) is 0 Å². The number of aromatic nitrogens is 1. The lowest BCUT2D eigenvalue weighted by Gasteiger charge is -2.30. The molecular weight excluding hydrogens is 467 g/mol. The van der Waals surface area contributed by atoms with E-state index in [2.05, 4.69) is 63.2 Å². The van der Waals surface area contributed by atoms with Crippen molar-refractivity contribution in [1.82, 2.24) is 4.57 Å². The maximum Gasteiger partial charge on any atom is 0.271 e. The van der Waals surface area contributed by atoms with Crippen LogP contribution in [0.1, 0.15) is 61.1 Å². The smallest absolute Gasteiger partial charge is 0.271 e. The Balaban J connectivity index is 1.55. The van der Waals surface area contributed by atoms with Gasteiger partial charge in [-0.15, -0.1) is 0 Å². The van der Waals surface area contributed by atoms with Gasteiger partial charge < -0.3 is 0 Å². The molecule has 0 amide bonds. The maximum atomic E-state index is 13.8. The van der Waals surface area contributed by atoms with Gasteiger partial charge in [0.15, 0.2) is 4.80 Å².